The Bertz CT molecular complexity index is 1950. The minimum atomic E-state index is -0.840. The summed E-state index contributed by atoms with van der Waals surface area (Å²) in [6.45, 7) is 4.34. The van der Waals surface area contributed by atoms with Crippen LogP contribution in [0.5, 0.6) is 23.0 Å². The topological polar surface area (TPSA) is 97.6 Å². The number of hydrogen-bond acceptors (Lipinski definition) is 9. The van der Waals surface area contributed by atoms with Crippen LogP contribution in [0.4, 0.5) is 0 Å². The largest absolute Gasteiger partial charge is 0.497 e. The van der Waals surface area contributed by atoms with Gasteiger partial charge in [0.25, 0.3) is 5.56 Å². The molecule has 0 bridgehead atoms. The van der Waals surface area contributed by atoms with Crippen molar-refractivity contribution in [1.29, 1.82) is 0 Å². The van der Waals surface area contributed by atoms with E-state index in [-0.39, 0.29) is 12.2 Å². The summed E-state index contributed by atoms with van der Waals surface area (Å²) in [7, 11) is 4.71. The highest BCUT2D eigenvalue weighted by Gasteiger charge is 2.36. The molecular formula is C35H35IN2O7S. The highest BCUT2D eigenvalue weighted by molar-refractivity contribution is 14.1. The Morgan fingerprint density at radius 2 is 1.76 bits per heavy atom. The molecule has 1 aromatic heterocycles. The number of carbonyl (C=O) groups is 1. The number of hydrogen-bond donors (Lipinski definition) is 0. The minimum absolute atomic E-state index is 0.180. The molecule has 46 heavy (non-hydrogen) atoms. The number of methoxy groups -OCH3 is 3. The number of rotatable bonds is 12. The van der Waals surface area contributed by atoms with E-state index in [4.69, 9.17) is 28.7 Å². The Morgan fingerprint density at radius 1 is 1.00 bits per heavy atom. The van der Waals surface area contributed by atoms with Crippen molar-refractivity contribution in [1.82, 2.24) is 4.57 Å². The summed E-state index contributed by atoms with van der Waals surface area (Å²) in [6.07, 6.45) is 3.08. The van der Waals surface area contributed by atoms with Gasteiger partial charge in [0.15, 0.2) is 16.3 Å². The standard InChI is InChI=1S/C35H35IN2O7S/c1-6-11-26-30(34(40)44-7-2)31(24-19-23(41-3)14-15-27(24)42-4)38-33(39)29(46-35(38)37-26)18-22-16-25(36)32(28(17-22)43-5)45-20-21-12-9-8-10-13-21/h8-10,12-19,31H,6-7,11,20H2,1-5H3/b29-18-/t31-/m0/s1. The highest BCUT2D eigenvalue weighted by Crippen LogP contribution is 2.39. The fourth-order valence-electron chi connectivity index (χ4n) is 5.31. The van der Waals surface area contributed by atoms with Crippen molar-refractivity contribution in [2.24, 2.45) is 4.99 Å². The maximum atomic E-state index is 14.3. The molecule has 0 N–H and O–H groups in total. The Hall–Kier alpha value is -4.10. The minimum Gasteiger partial charge on any atom is -0.497 e. The Morgan fingerprint density at radius 3 is 2.43 bits per heavy atom. The number of nitrogens with zero attached hydrogens (tertiary/aromatic N) is 2. The first kappa shape index (κ1) is 33.3. The molecular weight excluding hydrogens is 719 g/mol. The first-order chi connectivity index (χ1) is 22.3. The number of aromatic nitrogens is 1. The predicted octanol–water partition coefficient (Wildman–Crippen LogP) is 5.79. The number of fused-ring (bicyclic) bond motifs is 1. The average Bonchev–Trinajstić information content (AvgIpc) is 3.37. The first-order valence-corrected chi connectivity index (χ1v) is 16.7. The lowest BCUT2D eigenvalue weighted by molar-refractivity contribution is -0.139. The molecule has 0 radical (unpaired) electrons. The zero-order valence-corrected chi connectivity index (χ0v) is 29.3. The number of benzene rings is 3. The Labute approximate surface area is 284 Å². The van der Waals surface area contributed by atoms with Gasteiger partial charge >= 0.3 is 5.97 Å². The van der Waals surface area contributed by atoms with Crippen LogP contribution in [0.3, 0.4) is 0 Å². The molecule has 0 aliphatic carbocycles. The molecule has 11 heteroatoms. The molecule has 5 rings (SSSR count). The molecule has 9 nitrogen and oxygen atoms in total. The molecule has 1 atom stereocenters. The summed E-state index contributed by atoms with van der Waals surface area (Å²) in [5.74, 6) is 1.72. The van der Waals surface area contributed by atoms with Crippen LogP contribution in [0, 0.1) is 3.57 Å². The van der Waals surface area contributed by atoms with Crippen molar-refractivity contribution in [2.45, 2.75) is 39.3 Å². The van der Waals surface area contributed by atoms with E-state index in [2.05, 4.69) is 22.6 Å². The van der Waals surface area contributed by atoms with E-state index in [1.54, 1.807) is 51.0 Å². The first-order valence-electron chi connectivity index (χ1n) is 14.8. The second-order valence-electron chi connectivity index (χ2n) is 10.3. The molecule has 0 unspecified atom stereocenters. The smallest absolute Gasteiger partial charge is 0.338 e. The molecule has 0 spiro atoms. The number of halogens is 1. The van der Waals surface area contributed by atoms with E-state index in [1.165, 1.54) is 11.3 Å². The lowest BCUT2D eigenvalue weighted by atomic mass is 9.93. The fourth-order valence-corrected chi connectivity index (χ4v) is 7.11. The summed E-state index contributed by atoms with van der Waals surface area (Å²) < 4.78 is 31.4. The average molecular weight is 755 g/mol. The molecule has 0 fully saturated rings. The van der Waals surface area contributed by atoms with E-state index in [0.29, 0.717) is 62.2 Å². The van der Waals surface area contributed by atoms with Crippen LogP contribution >= 0.6 is 33.9 Å². The number of carbonyl (C=O) groups excluding carboxylic acids is 1. The van der Waals surface area contributed by atoms with Gasteiger partial charge in [-0.25, -0.2) is 9.79 Å². The van der Waals surface area contributed by atoms with E-state index >= 15 is 0 Å². The van der Waals surface area contributed by atoms with Gasteiger partial charge in [-0.2, -0.15) is 0 Å². The normalized spacial score (nSPS) is 14.4. The van der Waals surface area contributed by atoms with Crippen LogP contribution in [-0.2, 0) is 16.1 Å². The van der Waals surface area contributed by atoms with Crippen molar-refractivity contribution < 1.29 is 28.5 Å². The van der Waals surface area contributed by atoms with Gasteiger partial charge < -0.3 is 23.7 Å². The van der Waals surface area contributed by atoms with Crippen molar-refractivity contribution in [3.63, 3.8) is 0 Å². The summed E-state index contributed by atoms with van der Waals surface area (Å²) in [4.78, 5) is 33.2. The molecule has 0 saturated heterocycles. The summed E-state index contributed by atoms with van der Waals surface area (Å²) >= 11 is 3.48. The van der Waals surface area contributed by atoms with Crippen LogP contribution < -0.4 is 33.8 Å². The second-order valence-corrected chi connectivity index (χ2v) is 12.5. The number of ether oxygens (including phenoxy) is 5. The molecule has 1 aliphatic heterocycles. The monoisotopic (exact) mass is 754 g/mol. The van der Waals surface area contributed by atoms with Gasteiger partial charge in [0.2, 0.25) is 0 Å². The number of thiazole rings is 1. The van der Waals surface area contributed by atoms with Crippen LogP contribution in [0.15, 0.2) is 81.7 Å². The van der Waals surface area contributed by atoms with Crippen LogP contribution in [0.2, 0.25) is 0 Å². The van der Waals surface area contributed by atoms with Gasteiger partial charge in [0, 0.05) is 5.56 Å². The van der Waals surface area contributed by atoms with Gasteiger partial charge in [-0.05, 0) is 83.5 Å². The lowest BCUT2D eigenvalue weighted by Gasteiger charge is -2.27. The number of allylic oxidation sites excluding steroid dienone is 1. The Kier molecular flexibility index (Phi) is 10.8. The van der Waals surface area contributed by atoms with Gasteiger partial charge in [-0.15, -0.1) is 0 Å². The summed E-state index contributed by atoms with van der Waals surface area (Å²) in [5, 5.41) is 0. The third-order valence-electron chi connectivity index (χ3n) is 7.40. The molecule has 4 aromatic rings. The Balaban J connectivity index is 1.67. The molecule has 0 amide bonds. The van der Waals surface area contributed by atoms with Crippen molar-refractivity contribution in [3.05, 3.63) is 112 Å². The molecule has 2 heterocycles. The van der Waals surface area contributed by atoms with Gasteiger partial charge in [-0.1, -0.05) is 55.0 Å². The van der Waals surface area contributed by atoms with E-state index in [0.717, 1.165) is 21.1 Å². The number of esters is 1. The van der Waals surface area contributed by atoms with Crippen molar-refractivity contribution in [2.75, 3.05) is 27.9 Å². The maximum absolute atomic E-state index is 14.3. The second kappa shape index (κ2) is 15.0. The SMILES string of the molecule is CCCC1=C(C(=O)OCC)[C@H](c2cc(OC)ccc2OC)n2c(s/c(=C\c3cc(I)c(OCc4ccccc4)c(OC)c3)c2=O)=N1. The molecule has 3 aromatic carbocycles. The van der Waals surface area contributed by atoms with Gasteiger partial charge in [0.1, 0.15) is 24.1 Å². The molecule has 0 saturated carbocycles. The van der Waals surface area contributed by atoms with Gasteiger partial charge in [0.05, 0.1) is 47.3 Å². The molecule has 1 aliphatic rings. The molecule has 240 valence electrons. The van der Waals surface area contributed by atoms with E-state index < -0.39 is 12.0 Å². The van der Waals surface area contributed by atoms with E-state index in [9.17, 15) is 9.59 Å². The zero-order chi connectivity index (χ0) is 32.8. The zero-order valence-electron chi connectivity index (χ0n) is 26.3. The third-order valence-corrected chi connectivity index (χ3v) is 9.18. The lowest BCUT2D eigenvalue weighted by Crippen LogP contribution is -2.40. The van der Waals surface area contributed by atoms with Crippen LogP contribution in [-0.4, -0.2) is 38.5 Å². The summed E-state index contributed by atoms with van der Waals surface area (Å²) in [5.41, 5.74) is 2.99. The fraction of sp³-hybridized carbons (Fsp3) is 0.286. The summed E-state index contributed by atoms with van der Waals surface area (Å²) in [6, 6.07) is 18.2. The van der Waals surface area contributed by atoms with E-state index in [1.807, 2.05) is 55.5 Å². The van der Waals surface area contributed by atoms with Crippen LogP contribution in [0.1, 0.15) is 49.4 Å². The van der Waals surface area contributed by atoms with Crippen LogP contribution in [0.25, 0.3) is 6.08 Å². The predicted molar refractivity (Wildman–Crippen MR) is 186 cm³/mol. The highest BCUT2D eigenvalue weighted by atomic mass is 127. The third kappa shape index (κ3) is 6.85. The maximum Gasteiger partial charge on any atom is 0.338 e. The quantitative estimate of drug-likeness (QED) is 0.134. The van der Waals surface area contributed by atoms with Gasteiger partial charge in [-0.3, -0.25) is 9.36 Å². The van der Waals surface area contributed by atoms with Crippen molar-refractivity contribution in [3.8, 4) is 23.0 Å². The van der Waals surface area contributed by atoms with Crippen molar-refractivity contribution >= 4 is 46.0 Å².